The standard InChI is InChI=1S/C27H17N3/c1-2-7-20(8-3-1)30-25-15-24-22(14-19(25)16-28-30)27-23(29-24)13-12-18-11-10-17-6-4-5-9-21(17)26(18)27/h1-16,28H. The van der Waals surface area contributed by atoms with Crippen molar-refractivity contribution < 1.29 is 0 Å². The van der Waals surface area contributed by atoms with E-state index in [9.17, 15) is 0 Å². The van der Waals surface area contributed by atoms with Crippen LogP contribution < -0.4 is 0 Å². The molecule has 0 saturated heterocycles. The molecule has 0 aliphatic rings. The van der Waals surface area contributed by atoms with E-state index in [-0.39, 0.29) is 0 Å². The Bertz CT molecular complexity index is 1740. The second-order valence-corrected chi connectivity index (χ2v) is 7.83. The first-order valence-corrected chi connectivity index (χ1v) is 10.2. The maximum absolute atomic E-state index is 5.01. The third-order valence-corrected chi connectivity index (χ3v) is 6.15. The number of aromatic amines is 1. The van der Waals surface area contributed by atoms with Crippen LogP contribution in [0.4, 0.5) is 0 Å². The van der Waals surface area contributed by atoms with E-state index in [0.717, 1.165) is 22.2 Å². The first-order chi connectivity index (χ1) is 14.9. The Morgan fingerprint density at radius 1 is 0.600 bits per heavy atom. The van der Waals surface area contributed by atoms with Gasteiger partial charge in [-0.3, -0.25) is 4.68 Å². The Morgan fingerprint density at radius 2 is 1.40 bits per heavy atom. The molecule has 7 aromatic rings. The molecule has 0 fully saturated rings. The van der Waals surface area contributed by atoms with E-state index in [2.05, 4.69) is 101 Å². The molecule has 7 rings (SSSR count). The molecule has 140 valence electrons. The first-order valence-electron chi connectivity index (χ1n) is 10.2. The summed E-state index contributed by atoms with van der Waals surface area (Å²) in [6.45, 7) is 0. The van der Waals surface area contributed by atoms with E-state index in [0.29, 0.717) is 0 Å². The number of para-hydroxylation sites is 1. The van der Waals surface area contributed by atoms with Crippen LogP contribution in [0.3, 0.4) is 0 Å². The molecule has 2 aromatic heterocycles. The lowest BCUT2D eigenvalue weighted by atomic mass is 9.97. The zero-order valence-corrected chi connectivity index (χ0v) is 16.1. The smallest absolute Gasteiger partial charge is 0.0739 e. The fraction of sp³-hybridized carbons (Fsp3) is 0. The van der Waals surface area contributed by atoms with Gasteiger partial charge in [0.2, 0.25) is 0 Å². The van der Waals surface area contributed by atoms with Gasteiger partial charge < -0.3 is 5.10 Å². The number of hydrogen-bond acceptors (Lipinski definition) is 1. The molecule has 0 unspecified atom stereocenters. The van der Waals surface area contributed by atoms with Crippen LogP contribution in [0.5, 0.6) is 0 Å². The molecule has 1 N–H and O–H groups in total. The third kappa shape index (κ3) is 2.06. The van der Waals surface area contributed by atoms with Gasteiger partial charge in [0.25, 0.3) is 0 Å². The van der Waals surface area contributed by atoms with Gasteiger partial charge in [0.1, 0.15) is 0 Å². The van der Waals surface area contributed by atoms with Crippen LogP contribution in [-0.4, -0.2) is 14.8 Å². The molecule has 3 nitrogen and oxygen atoms in total. The van der Waals surface area contributed by atoms with Gasteiger partial charge in [-0.15, -0.1) is 0 Å². The lowest BCUT2D eigenvalue weighted by Gasteiger charge is -2.06. The highest BCUT2D eigenvalue weighted by Gasteiger charge is 2.14. The van der Waals surface area contributed by atoms with Crippen LogP contribution >= 0.6 is 0 Å². The number of benzene rings is 5. The molecule has 0 spiro atoms. The van der Waals surface area contributed by atoms with Crippen molar-refractivity contribution in [1.29, 1.82) is 0 Å². The predicted octanol–water partition coefficient (Wildman–Crippen LogP) is 6.97. The highest BCUT2D eigenvalue weighted by Crippen LogP contribution is 2.38. The van der Waals surface area contributed by atoms with Crippen LogP contribution in [0.25, 0.3) is 59.9 Å². The number of rotatable bonds is 1. The third-order valence-electron chi connectivity index (χ3n) is 6.15. The summed E-state index contributed by atoms with van der Waals surface area (Å²) in [6, 6.07) is 32.2. The van der Waals surface area contributed by atoms with E-state index < -0.39 is 0 Å². The van der Waals surface area contributed by atoms with Gasteiger partial charge in [-0.1, -0.05) is 60.7 Å². The summed E-state index contributed by atoms with van der Waals surface area (Å²) in [5, 5.41) is 12.1. The van der Waals surface area contributed by atoms with Crippen LogP contribution in [0, 0.1) is 0 Å². The van der Waals surface area contributed by atoms with Crippen molar-refractivity contribution in [3.05, 3.63) is 97.2 Å². The fourth-order valence-corrected chi connectivity index (χ4v) is 4.77. The summed E-state index contributed by atoms with van der Waals surface area (Å²) >= 11 is 0. The molecule has 0 aliphatic heterocycles. The average molecular weight is 383 g/mol. The number of aromatic nitrogens is 3. The quantitative estimate of drug-likeness (QED) is 0.305. The number of nitrogens with one attached hydrogen (secondary N) is 1. The summed E-state index contributed by atoms with van der Waals surface area (Å²) in [6.07, 6.45) is 2.07. The normalized spacial score (nSPS) is 12.0. The van der Waals surface area contributed by atoms with Crippen molar-refractivity contribution in [2.75, 3.05) is 0 Å². The Kier molecular flexibility index (Phi) is 3.00. The van der Waals surface area contributed by atoms with Crippen LogP contribution in [-0.2, 0) is 0 Å². The van der Waals surface area contributed by atoms with Gasteiger partial charge in [0, 0.05) is 22.4 Å². The molecule has 0 saturated carbocycles. The number of fused-ring (bicyclic) bond motifs is 8. The predicted molar refractivity (Wildman–Crippen MR) is 125 cm³/mol. The molecule has 0 atom stereocenters. The maximum Gasteiger partial charge on any atom is 0.0739 e. The molecular formula is C27H17N3. The van der Waals surface area contributed by atoms with Gasteiger partial charge in [0.15, 0.2) is 0 Å². The molecule has 0 amide bonds. The second kappa shape index (κ2) is 5.71. The lowest BCUT2D eigenvalue weighted by molar-refractivity contribution is 0.911. The summed E-state index contributed by atoms with van der Waals surface area (Å²) in [7, 11) is 0. The van der Waals surface area contributed by atoms with Gasteiger partial charge in [0.05, 0.1) is 22.2 Å². The molecule has 2 heterocycles. The van der Waals surface area contributed by atoms with Crippen molar-refractivity contribution in [3.63, 3.8) is 0 Å². The van der Waals surface area contributed by atoms with Crippen molar-refractivity contribution in [2.45, 2.75) is 0 Å². The van der Waals surface area contributed by atoms with Gasteiger partial charge in [-0.05, 0) is 51.9 Å². The Hall–Kier alpha value is -4.11. The highest BCUT2D eigenvalue weighted by molar-refractivity contribution is 6.28. The van der Waals surface area contributed by atoms with Crippen LogP contribution in [0.2, 0.25) is 0 Å². The SMILES string of the molecule is c1ccc(-n2[nH]cc3cc4c(cc32)nc2ccc3ccc5ccccc5c3c24)cc1. The summed E-state index contributed by atoms with van der Waals surface area (Å²) in [4.78, 5) is 5.01. The number of H-pyrrole nitrogens is 1. The number of nitrogens with zero attached hydrogens (tertiary/aromatic N) is 2. The largest absolute Gasteiger partial charge is 0.300 e. The van der Waals surface area contributed by atoms with Crippen molar-refractivity contribution in [2.24, 2.45) is 0 Å². The molecule has 0 bridgehead atoms. The molecule has 5 aromatic carbocycles. The topological polar surface area (TPSA) is 33.6 Å². The van der Waals surface area contributed by atoms with E-state index in [1.165, 1.54) is 37.7 Å². The Balaban J connectivity index is 1.64. The van der Waals surface area contributed by atoms with E-state index >= 15 is 0 Å². The molecule has 3 heteroatoms. The van der Waals surface area contributed by atoms with Gasteiger partial charge in [-0.2, -0.15) is 0 Å². The zero-order valence-electron chi connectivity index (χ0n) is 16.1. The van der Waals surface area contributed by atoms with E-state index in [4.69, 9.17) is 4.98 Å². The highest BCUT2D eigenvalue weighted by atomic mass is 15.3. The zero-order chi connectivity index (χ0) is 19.7. The second-order valence-electron chi connectivity index (χ2n) is 7.83. The minimum atomic E-state index is 1.03. The van der Waals surface area contributed by atoms with Crippen LogP contribution in [0.15, 0.2) is 97.2 Å². The Labute approximate surface area is 172 Å². The minimum absolute atomic E-state index is 1.03. The van der Waals surface area contributed by atoms with E-state index in [1.54, 1.807) is 0 Å². The number of hydrogen-bond donors (Lipinski definition) is 1. The minimum Gasteiger partial charge on any atom is -0.300 e. The monoisotopic (exact) mass is 383 g/mol. The molecule has 30 heavy (non-hydrogen) atoms. The first kappa shape index (κ1) is 15.8. The summed E-state index contributed by atoms with van der Waals surface area (Å²) in [5.74, 6) is 0. The van der Waals surface area contributed by atoms with Gasteiger partial charge >= 0.3 is 0 Å². The summed E-state index contributed by atoms with van der Waals surface area (Å²) in [5.41, 5.74) is 4.32. The molecule has 0 aliphatic carbocycles. The molecule has 0 radical (unpaired) electrons. The maximum atomic E-state index is 5.01. The van der Waals surface area contributed by atoms with Crippen molar-refractivity contribution in [3.8, 4) is 5.69 Å². The fourth-order valence-electron chi connectivity index (χ4n) is 4.77. The van der Waals surface area contributed by atoms with Gasteiger partial charge in [-0.25, -0.2) is 4.98 Å². The van der Waals surface area contributed by atoms with Crippen molar-refractivity contribution >= 4 is 54.3 Å². The van der Waals surface area contributed by atoms with Crippen molar-refractivity contribution in [1.82, 2.24) is 14.8 Å². The molecular weight excluding hydrogens is 366 g/mol. The average Bonchev–Trinajstić information content (AvgIpc) is 3.38. The van der Waals surface area contributed by atoms with Crippen LogP contribution in [0.1, 0.15) is 0 Å². The Morgan fingerprint density at radius 3 is 2.33 bits per heavy atom. The van der Waals surface area contributed by atoms with E-state index in [1.807, 2.05) is 6.07 Å². The lowest BCUT2D eigenvalue weighted by Crippen LogP contribution is -1.94. The summed E-state index contributed by atoms with van der Waals surface area (Å²) < 4.78 is 2.11.